The maximum atomic E-state index is 5.47. The Bertz CT molecular complexity index is 186. The lowest BCUT2D eigenvalue weighted by atomic mass is 10.3. The first kappa shape index (κ1) is 20.1. The maximum Gasteiger partial charge on any atom is 0.0701 e. The van der Waals surface area contributed by atoms with Crippen LogP contribution in [0.3, 0.4) is 0 Å². The highest BCUT2D eigenvalue weighted by Crippen LogP contribution is 1.87. The first-order valence-electron chi connectivity index (χ1n) is 7.49. The van der Waals surface area contributed by atoms with Crippen molar-refractivity contribution in [3.8, 4) is 0 Å². The van der Waals surface area contributed by atoms with Gasteiger partial charge in [0.15, 0.2) is 0 Å². The third-order valence-corrected chi connectivity index (χ3v) is 2.97. The van der Waals surface area contributed by atoms with Gasteiger partial charge in [0.1, 0.15) is 0 Å². The van der Waals surface area contributed by atoms with Crippen molar-refractivity contribution in [2.45, 2.75) is 32.7 Å². The summed E-state index contributed by atoms with van der Waals surface area (Å²) in [6, 6.07) is 0.551. The van der Waals surface area contributed by atoms with Crippen LogP contribution >= 0.6 is 11.9 Å². The van der Waals surface area contributed by atoms with Crippen molar-refractivity contribution in [1.29, 1.82) is 0 Å². The van der Waals surface area contributed by atoms with E-state index in [0.29, 0.717) is 32.5 Å². The first-order chi connectivity index (χ1) is 9.77. The maximum absolute atomic E-state index is 5.47. The molecule has 0 aliphatic rings. The summed E-state index contributed by atoms with van der Waals surface area (Å²) in [6.45, 7) is 10.5. The van der Waals surface area contributed by atoms with Gasteiger partial charge < -0.3 is 19.5 Å². The molecular formula is C14H32N2O3S. The first-order valence-corrected chi connectivity index (χ1v) is 8.72. The molecule has 6 heteroatoms. The van der Waals surface area contributed by atoms with Gasteiger partial charge in [0.05, 0.1) is 26.4 Å². The molecule has 20 heavy (non-hydrogen) atoms. The lowest BCUT2D eigenvalue weighted by Crippen LogP contribution is -2.24. The Kier molecular flexibility index (Phi) is 17.3. The number of ether oxygens (including phenoxy) is 3. The van der Waals surface area contributed by atoms with Gasteiger partial charge in [0, 0.05) is 25.8 Å². The number of nitrogens with one attached hydrogen (secondary N) is 2. The average Bonchev–Trinajstić information content (AvgIpc) is 2.43. The van der Waals surface area contributed by atoms with Crippen molar-refractivity contribution < 1.29 is 14.2 Å². The van der Waals surface area contributed by atoms with Gasteiger partial charge >= 0.3 is 0 Å². The molecular weight excluding hydrogens is 276 g/mol. The lowest BCUT2D eigenvalue weighted by Gasteiger charge is -2.09. The molecule has 0 saturated heterocycles. The van der Waals surface area contributed by atoms with Crippen molar-refractivity contribution in [3.05, 3.63) is 0 Å². The predicted molar refractivity (Wildman–Crippen MR) is 86.3 cm³/mol. The van der Waals surface area contributed by atoms with E-state index in [-0.39, 0.29) is 0 Å². The SMILES string of the molecule is CSNCCCOCCOCCOCCCNC(C)C. The van der Waals surface area contributed by atoms with Crippen LogP contribution in [-0.4, -0.2) is 65.0 Å². The molecule has 2 N–H and O–H groups in total. The normalized spacial score (nSPS) is 11.4. The molecule has 0 saturated carbocycles. The average molecular weight is 308 g/mol. The van der Waals surface area contributed by atoms with Gasteiger partial charge in [0.2, 0.25) is 0 Å². The molecule has 0 aromatic rings. The highest BCUT2D eigenvalue weighted by molar-refractivity contribution is 7.96. The second-order valence-electron chi connectivity index (χ2n) is 4.75. The van der Waals surface area contributed by atoms with Crippen molar-refractivity contribution in [2.24, 2.45) is 0 Å². The molecule has 0 aromatic carbocycles. The summed E-state index contributed by atoms with van der Waals surface area (Å²) < 4.78 is 19.5. The predicted octanol–water partition coefficient (Wildman–Crippen LogP) is 1.68. The monoisotopic (exact) mass is 308 g/mol. The Morgan fingerprint density at radius 2 is 1.30 bits per heavy atom. The van der Waals surface area contributed by atoms with E-state index < -0.39 is 0 Å². The third kappa shape index (κ3) is 18.1. The number of hydrogen-bond acceptors (Lipinski definition) is 6. The summed E-state index contributed by atoms with van der Waals surface area (Å²) >= 11 is 1.64. The Morgan fingerprint density at radius 3 is 1.80 bits per heavy atom. The summed E-state index contributed by atoms with van der Waals surface area (Å²) in [7, 11) is 0. The fourth-order valence-corrected chi connectivity index (χ4v) is 1.80. The van der Waals surface area contributed by atoms with Crippen molar-refractivity contribution >= 4 is 11.9 Å². The fraction of sp³-hybridized carbons (Fsp3) is 1.00. The molecule has 0 spiro atoms. The van der Waals surface area contributed by atoms with E-state index in [1.54, 1.807) is 11.9 Å². The highest BCUT2D eigenvalue weighted by Gasteiger charge is 1.94. The van der Waals surface area contributed by atoms with Gasteiger partial charge in [-0.3, -0.25) is 4.72 Å². The van der Waals surface area contributed by atoms with Crippen LogP contribution in [-0.2, 0) is 14.2 Å². The second-order valence-corrected chi connectivity index (χ2v) is 5.45. The molecule has 122 valence electrons. The minimum Gasteiger partial charge on any atom is -0.379 e. The quantitative estimate of drug-likeness (QED) is 0.334. The fourth-order valence-electron chi connectivity index (χ4n) is 1.46. The van der Waals surface area contributed by atoms with Gasteiger partial charge in [-0.15, -0.1) is 0 Å². The molecule has 5 nitrogen and oxygen atoms in total. The minimum atomic E-state index is 0.551. The zero-order valence-corrected chi connectivity index (χ0v) is 14.1. The van der Waals surface area contributed by atoms with Crippen LogP contribution in [0.1, 0.15) is 26.7 Å². The van der Waals surface area contributed by atoms with Gasteiger partial charge in [0.25, 0.3) is 0 Å². The van der Waals surface area contributed by atoms with E-state index >= 15 is 0 Å². The standard InChI is InChI=1S/C14H32N2O3S/c1-14(2)15-6-4-8-17-10-12-19-13-11-18-9-5-7-16-20-3/h14-16H,4-13H2,1-3H3. The minimum absolute atomic E-state index is 0.551. The summed E-state index contributed by atoms with van der Waals surface area (Å²) in [5.41, 5.74) is 0. The summed E-state index contributed by atoms with van der Waals surface area (Å²) in [5, 5.41) is 3.36. The molecule has 0 fully saturated rings. The van der Waals surface area contributed by atoms with E-state index in [1.807, 2.05) is 6.26 Å². The van der Waals surface area contributed by atoms with E-state index in [9.17, 15) is 0 Å². The number of rotatable bonds is 16. The van der Waals surface area contributed by atoms with E-state index in [4.69, 9.17) is 14.2 Å². The van der Waals surface area contributed by atoms with Crippen LogP contribution in [0, 0.1) is 0 Å². The Labute approximate surface area is 128 Å². The topological polar surface area (TPSA) is 51.8 Å². The molecule has 0 aromatic heterocycles. The van der Waals surface area contributed by atoms with Gasteiger partial charge in [-0.05, 0) is 25.6 Å². The number of hydrogen-bond donors (Lipinski definition) is 2. The Balaban J connectivity index is 2.92. The smallest absolute Gasteiger partial charge is 0.0701 e. The molecule has 0 heterocycles. The molecule has 0 unspecified atom stereocenters. The van der Waals surface area contributed by atoms with Crippen LogP contribution < -0.4 is 10.0 Å². The highest BCUT2D eigenvalue weighted by atomic mass is 32.2. The Morgan fingerprint density at radius 1 is 0.800 bits per heavy atom. The second kappa shape index (κ2) is 17.2. The van der Waals surface area contributed by atoms with E-state index in [2.05, 4.69) is 23.9 Å². The van der Waals surface area contributed by atoms with E-state index in [1.165, 1.54) is 0 Å². The van der Waals surface area contributed by atoms with Crippen molar-refractivity contribution in [3.63, 3.8) is 0 Å². The lowest BCUT2D eigenvalue weighted by molar-refractivity contribution is 0.0139. The van der Waals surface area contributed by atoms with E-state index in [0.717, 1.165) is 39.1 Å². The molecule has 0 atom stereocenters. The van der Waals surface area contributed by atoms with Crippen LogP contribution in [0.4, 0.5) is 0 Å². The summed E-state index contributed by atoms with van der Waals surface area (Å²) in [4.78, 5) is 0. The largest absolute Gasteiger partial charge is 0.379 e. The van der Waals surface area contributed by atoms with Crippen molar-refractivity contribution in [1.82, 2.24) is 10.0 Å². The van der Waals surface area contributed by atoms with Crippen molar-refractivity contribution in [2.75, 3.05) is 59.0 Å². The van der Waals surface area contributed by atoms with Crippen LogP contribution in [0.5, 0.6) is 0 Å². The van der Waals surface area contributed by atoms with Gasteiger partial charge in [-0.25, -0.2) is 0 Å². The molecule has 0 amide bonds. The summed E-state index contributed by atoms with van der Waals surface area (Å²) in [5.74, 6) is 0. The van der Waals surface area contributed by atoms with Crippen LogP contribution in [0.2, 0.25) is 0 Å². The van der Waals surface area contributed by atoms with Crippen LogP contribution in [0.25, 0.3) is 0 Å². The van der Waals surface area contributed by atoms with Gasteiger partial charge in [-0.1, -0.05) is 25.8 Å². The summed E-state index contributed by atoms with van der Waals surface area (Å²) in [6.07, 6.45) is 4.11. The zero-order chi connectivity index (χ0) is 14.9. The molecule has 0 aliphatic heterocycles. The zero-order valence-electron chi connectivity index (χ0n) is 13.3. The Hall–Kier alpha value is 0.150. The molecule has 0 radical (unpaired) electrons. The molecule has 0 rings (SSSR count). The third-order valence-electron chi connectivity index (χ3n) is 2.47. The van der Waals surface area contributed by atoms with Gasteiger partial charge in [-0.2, -0.15) is 0 Å². The van der Waals surface area contributed by atoms with Crippen LogP contribution in [0.15, 0.2) is 0 Å². The molecule has 0 aliphatic carbocycles. The molecule has 0 bridgehead atoms.